The van der Waals surface area contributed by atoms with Gasteiger partial charge in [-0.1, -0.05) is 24.3 Å². The number of rotatable bonds is 5. The van der Waals surface area contributed by atoms with E-state index in [0.717, 1.165) is 5.56 Å². The molecule has 0 fully saturated rings. The van der Waals surface area contributed by atoms with E-state index in [1.54, 1.807) is 31.2 Å². The van der Waals surface area contributed by atoms with Gasteiger partial charge in [0.1, 0.15) is 11.4 Å². The molecule has 0 aliphatic heterocycles. The molecule has 2 unspecified atom stereocenters. The third kappa shape index (κ3) is 5.03. The number of nitrogens with one attached hydrogen (secondary N) is 2. The maximum atomic E-state index is 13.0. The Morgan fingerprint density at radius 1 is 1.24 bits per heavy atom. The molecular weight excluding hydrogens is 321 g/mol. The van der Waals surface area contributed by atoms with Crippen molar-refractivity contribution in [2.75, 3.05) is 6.54 Å². The molecule has 0 radical (unpaired) electrons. The molecule has 0 aromatic heterocycles. The Balaban J connectivity index is 1.90. The average Bonchev–Trinajstić information content (AvgIpc) is 2.60. The highest BCUT2D eigenvalue weighted by molar-refractivity contribution is 5.74. The number of halogens is 1. The summed E-state index contributed by atoms with van der Waals surface area (Å²) < 4.78 is 13.0. The van der Waals surface area contributed by atoms with Gasteiger partial charge in [0, 0.05) is 0 Å². The lowest BCUT2D eigenvalue weighted by molar-refractivity contribution is 0.0592. The van der Waals surface area contributed by atoms with Crippen LogP contribution in [0.1, 0.15) is 36.6 Å². The number of aliphatic hydroxyl groups is 1. The van der Waals surface area contributed by atoms with Crippen molar-refractivity contribution < 1.29 is 14.3 Å². The molecule has 5 nitrogen and oxygen atoms in total. The van der Waals surface area contributed by atoms with Crippen molar-refractivity contribution in [1.82, 2.24) is 10.6 Å². The van der Waals surface area contributed by atoms with Crippen molar-refractivity contribution in [2.24, 2.45) is 0 Å². The summed E-state index contributed by atoms with van der Waals surface area (Å²) in [5.74, 6) is -0.388. The Hall–Kier alpha value is -2.91. The molecule has 2 aromatic carbocycles. The first-order chi connectivity index (χ1) is 11.8. The largest absolute Gasteiger partial charge is 0.384 e. The number of amides is 2. The number of hydrogen-bond donors (Lipinski definition) is 3. The van der Waals surface area contributed by atoms with Crippen LogP contribution >= 0.6 is 0 Å². The van der Waals surface area contributed by atoms with E-state index in [-0.39, 0.29) is 18.4 Å². The SMILES string of the molecule is CC(NC(=O)NCC(C)(O)c1ccc(F)cc1)c1ccc(C#N)cc1. The van der Waals surface area contributed by atoms with Gasteiger partial charge in [-0.05, 0) is 49.2 Å². The molecule has 0 spiro atoms. The summed E-state index contributed by atoms with van der Waals surface area (Å²) in [6.45, 7) is 3.34. The summed E-state index contributed by atoms with van der Waals surface area (Å²) in [5, 5.41) is 24.6. The van der Waals surface area contributed by atoms with Crippen LogP contribution in [0.15, 0.2) is 48.5 Å². The van der Waals surface area contributed by atoms with Gasteiger partial charge in [-0.15, -0.1) is 0 Å². The van der Waals surface area contributed by atoms with Gasteiger partial charge < -0.3 is 15.7 Å². The minimum absolute atomic E-state index is 0.0233. The molecule has 0 heterocycles. The Morgan fingerprint density at radius 2 is 1.84 bits per heavy atom. The van der Waals surface area contributed by atoms with Crippen molar-refractivity contribution in [3.05, 3.63) is 71.0 Å². The molecule has 0 aliphatic carbocycles. The highest BCUT2D eigenvalue weighted by Crippen LogP contribution is 2.20. The maximum Gasteiger partial charge on any atom is 0.315 e. The van der Waals surface area contributed by atoms with E-state index in [4.69, 9.17) is 5.26 Å². The number of carbonyl (C=O) groups excluding carboxylic acids is 1. The first-order valence-corrected chi connectivity index (χ1v) is 7.84. The lowest BCUT2D eigenvalue weighted by Crippen LogP contribution is -2.44. The standard InChI is InChI=1S/C19H20FN3O2/c1-13(15-5-3-14(11-21)4-6-15)23-18(24)22-12-19(2,25)16-7-9-17(20)10-8-16/h3-10,13,25H,12H2,1-2H3,(H2,22,23,24). The van der Waals surface area contributed by atoms with Crippen molar-refractivity contribution in [3.63, 3.8) is 0 Å². The fourth-order valence-electron chi connectivity index (χ4n) is 2.34. The van der Waals surface area contributed by atoms with Gasteiger partial charge in [0.15, 0.2) is 0 Å². The van der Waals surface area contributed by atoms with Gasteiger partial charge in [-0.3, -0.25) is 0 Å². The highest BCUT2D eigenvalue weighted by Gasteiger charge is 2.24. The first-order valence-electron chi connectivity index (χ1n) is 7.84. The van der Waals surface area contributed by atoms with E-state index in [1.807, 2.05) is 13.0 Å². The quantitative estimate of drug-likeness (QED) is 0.781. The van der Waals surface area contributed by atoms with Crippen LogP contribution in [0.25, 0.3) is 0 Å². The van der Waals surface area contributed by atoms with Crippen molar-refractivity contribution >= 4 is 6.03 Å². The Bertz CT molecular complexity index is 765. The van der Waals surface area contributed by atoms with E-state index in [9.17, 15) is 14.3 Å². The average molecular weight is 341 g/mol. The summed E-state index contributed by atoms with van der Waals surface area (Å²) in [5.41, 5.74) is 0.604. The molecule has 25 heavy (non-hydrogen) atoms. The van der Waals surface area contributed by atoms with Gasteiger partial charge in [0.05, 0.1) is 24.2 Å². The molecule has 130 valence electrons. The van der Waals surface area contributed by atoms with Crippen LogP contribution in [-0.4, -0.2) is 17.7 Å². The van der Waals surface area contributed by atoms with E-state index in [0.29, 0.717) is 11.1 Å². The lowest BCUT2D eigenvalue weighted by atomic mass is 9.96. The van der Waals surface area contributed by atoms with Crippen LogP contribution in [-0.2, 0) is 5.60 Å². The number of carbonyl (C=O) groups is 1. The van der Waals surface area contributed by atoms with Gasteiger partial charge >= 0.3 is 6.03 Å². The summed E-state index contributed by atoms with van der Waals surface area (Å²) >= 11 is 0. The van der Waals surface area contributed by atoms with Gasteiger partial charge in [0.2, 0.25) is 0 Å². The van der Waals surface area contributed by atoms with E-state index >= 15 is 0 Å². The van der Waals surface area contributed by atoms with Crippen molar-refractivity contribution in [3.8, 4) is 6.07 Å². The van der Waals surface area contributed by atoms with E-state index in [2.05, 4.69) is 10.6 Å². The third-order valence-electron chi connectivity index (χ3n) is 3.95. The highest BCUT2D eigenvalue weighted by atomic mass is 19.1. The van der Waals surface area contributed by atoms with Crippen LogP contribution in [0.5, 0.6) is 0 Å². The molecule has 0 saturated heterocycles. The molecule has 0 aliphatic rings. The predicted molar refractivity (Wildman–Crippen MR) is 92.1 cm³/mol. The molecule has 3 N–H and O–H groups in total. The van der Waals surface area contributed by atoms with Gasteiger partial charge in [0.25, 0.3) is 0 Å². The molecule has 0 saturated carbocycles. The molecule has 2 aromatic rings. The second-order valence-electron chi connectivity index (χ2n) is 6.06. The summed E-state index contributed by atoms with van der Waals surface area (Å²) in [7, 11) is 0. The number of benzene rings is 2. The molecule has 2 rings (SSSR count). The van der Waals surface area contributed by atoms with Crippen molar-refractivity contribution in [2.45, 2.75) is 25.5 Å². The second-order valence-corrected chi connectivity index (χ2v) is 6.06. The number of hydrogen-bond acceptors (Lipinski definition) is 3. The number of urea groups is 1. The van der Waals surface area contributed by atoms with Crippen LogP contribution in [0.4, 0.5) is 9.18 Å². The molecule has 2 amide bonds. The molecule has 0 bridgehead atoms. The monoisotopic (exact) mass is 341 g/mol. The van der Waals surface area contributed by atoms with Crippen molar-refractivity contribution in [1.29, 1.82) is 5.26 Å². The van der Waals surface area contributed by atoms with Crippen LogP contribution in [0, 0.1) is 17.1 Å². The van der Waals surface area contributed by atoms with Gasteiger partial charge in [-0.2, -0.15) is 5.26 Å². The van der Waals surface area contributed by atoms with Crippen LogP contribution in [0.3, 0.4) is 0 Å². The lowest BCUT2D eigenvalue weighted by Gasteiger charge is -2.25. The Morgan fingerprint density at radius 3 is 2.40 bits per heavy atom. The minimum atomic E-state index is -1.32. The summed E-state index contributed by atoms with van der Waals surface area (Å²) in [6, 6.07) is 13.8. The Labute approximate surface area is 146 Å². The van der Waals surface area contributed by atoms with Crippen LogP contribution in [0.2, 0.25) is 0 Å². The maximum absolute atomic E-state index is 13.0. The molecule has 2 atom stereocenters. The summed E-state index contributed by atoms with van der Waals surface area (Å²) in [4.78, 5) is 12.0. The minimum Gasteiger partial charge on any atom is -0.384 e. The summed E-state index contributed by atoms with van der Waals surface area (Å²) in [6.07, 6.45) is 0. The van der Waals surface area contributed by atoms with E-state index < -0.39 is 11.6 Å². The molecule has 6 heteroatoms. The van der Waals surface area contributed by atoms with E-state index in [1.165, 1.54) is 24.3 Å². The fourth-order valence-corrected chi connectivity index (χ4v) is 2.34. The smallest absolute Gasteiger partial charge is 0.315 e. The zero-order chi connectivity index (χ0) is 18.4. The second kappa shape index (κ2) is 7.77. The Kier molecular flexibility index (Phi) is 5.73. The van der Waals surface area contributed by atoms with Gasteiger partial charge in [-0.25, -0.2) is 9.18 Å². The zero-order valence-corrected chi connectivity index (χ0v) is 14.1. The fraction of sp³-hybridized carbons (Fsp3) is 0.263. The predicted octanol–water partition coefficient (Wildman–Crippen LogP) is 2.97. The van der Waals surface area contributed by atoms with Crippen LogP contribution < -0.4 is 10.6 Å². The number of nitrogens with zero attached hydrogens (tertiary/aromatic N) is 1. The topological polar surface area (TPSA) is 85.2 Å². The third-order valence-corrected chi connectivity index (χ3v) is 3.95. The number of nitriles is 1. The normalized spacial score (nSPS) is 14.0. The molecular formula is C19H20FN3O2. The zero-order valence-electron chi connectivity index (χ0n) is 14.1. The first kappa shape index (κ1) is 18.4.